The molecular formula is C12H9Br2FN2. The summed E-state index contributed by atoms with van der Waals surface area (Å²) in [5.41, 5.74) is 1.31. The highest BCUT2D eigenvalue weighted by atomic mass is 79.9. The van der Waals surface area contributed by atoms with Crippen molar-refractivity contribution >= 4 is 37.5 Å². The smallest absolute Gasteiger partial charge is 0.146 e. The fourth-order valence-electron chi connectivity index (χ4n) is 1.36. The first-order valence-corrected chi connectivity index (χ1v) is 6.54. The molecule has 2 aromatic rings. The van der Waals surface area contributed by atoms with Gasteiger partial charge in [0.25, 0.3) is 0 Å². The normalized spacial score (nSPS) is 10.3. The zero-order chi connectivity index (χ0) is 12.3. The van der Waals surface area contributed by atoms with Crippen LogP contribution >= 0.6 is 31.9 Å². The highest BCUT2D eigenvalue weighted by Gasteiger charge is 2.04. The number of para-hydroxylation sites is 1. The van der Waals surface area contributed by atoms with Gasteiger partial charge in [-0.25, -0.2) is 4.39 Å². The molecule has 2 nitrogen and oxygen atoms in total. The van der Waals surface area contributed by atoms with E-state index in [0.29, 0.717) is 12.2 Å². The van der Waals surface area contributed by atoms with Crippen LogP contribution in [-0.2, 0) is 6.54 Å². The van der Waals surface area contributed by atoms with E-state index in [0.717, 1.165) is 14.6 Å². The molecule has 0 bridgehead atoms. The van der Waals surface area contributed by atoms with Crippen molar-refractivity contribution in [1.82, 2.24) is 4.98 Å². The lowest BCUT2D eigenvalue weighted by molar-refractivity contribution is 0.630. The minimum Gasteiger partial charge on any atom is -0.377 e. The number of hydrogen-bond acceptors (Lipinski definition) is 2. The molecule has 1 aromatic carbocycles. The minimum absolute atomic E-state index is 0.263. The summed E-state index contributed by atoms with van der Waals surface area (Å²) in [5.74, 6) is -0.263. The maximum absolute atomic E-state index is 13.4. The Bertz CT molecular complexity index is 532. The van der Waals surface area contributed by atoms with Gasteiger partial charge in [0.1, 0.15) is 5.82 Å². The van der Waals surface area contributed by atoms with Crippen LogP contribution in [0.5, 0.6) is 0 Å². The maximum atomic E-state index is 13.4. The second kappa shape index (κ2) is 5.60. The number of anilines is 1. The van der Waals surface area contributed by atoms with Crippen LogP contribution in [0.25, 0.3) is 0 Å². The van der Waals surface area contributed by atoms with Crippen LogP contribution in [0.3, 0.4) is 0 Å². The van der Waals surface area contributed by atoms with Crippen LogP contribution < -0.4 is 5.32 Å². The lowest BCUT2D eigenvalue weighted by atomic mass is 10.3. The Morgan fingerprint density at radius 2 is 2.00 bits per heavy atom. The Labute approximate surface area is 116 Å². The number of aromatic nitrogens is 1. The Balaban J connectivity index is 2.10. The van der Waals surface area contributed by atoms with Crippen molar-refractivity contribution in [3.05, 3.63) is 57.0 Å². The second-order valence-electron chi connectivity index (χ2n) is 3.42. The molecule has 0 radical (unpaired) electrons. The van der Waals surface area contributed by atoms with E-state index in [1.54, 1.807) is 24.4 Å². The van der Waals surface area contributed by atoms with E-state index in [2.05, 4.69) is 42.2 Å². The summed E-state index contributed by atoms with van der Waals surface area (Å²) in [6, 6.07) is 8.48. The summed E-state index contributed by atoms with van der Waals surface area (Å²) in [7, 11) is 0. The van der Waals surface area contributed by atoms with Gasteiger partial charge in [-0.2, -0.15) is 0 Å². The molecule has 0 unspecified atom stereocenters. The molecule has 0 aliphatic carbocycles. The second-order valence-corrected chi connectivity index (χ2v) is 5.19. The minimum atomic E-state index is -0.263. The number of rotatable bonds is 3. The Hall–Kier alpha value is -0.940. The van der Waals surface area contributed by atoms with E-state index in [-0.39, 0.29) is 5.82 Å². The highest BCUT2D eigenvalue weighted by molar-refractivity contribution is 9.11. The molecular weight excluding hydrogens is 351 g/mol. The third-order valence-electron chi connectivity index (χ3n) is 2.20. The lowest BCUT2D eigenvalue weighted by Crippen LogP contribution is -2.03. The first-order chi connectivity index (χ1) is 8.16. The van der Waals surface area contributed by atoms with Gasteiger partial charge in [0.05, 0.1) is 17.9 Å². The van der Waals surface area contributed by atoms with Crippen LogP contribution in [0.2, 0.25) is 0 Å². The van der Waals surface area contributed by atoms with Gasteiger partial charge < -0.3 is 5.32 Å². The first kappa shape index (κ1) is 12.5. The average molecular weight is 360 g/mol. The zero-order valence-electron chi connectivity index (χ0n) is 8.75. The maximum Gasteiger partial charge on any atom is 0.146 e. The van der Waals surface area contributed by atoms with Crippen molar-refractivity contribution in [2.75, 3.05) is 5.32 Å². The van der Waals surface area contributed by atoms with Crippen LogP contribution in [-0.4, -0.2) is 4.98 Å². The molecule has 0 saturated heterocycles. The van der Waals surface area contributed by atoms with Gasteiger partial charge in [-0.3, -0.25) is 4.98 Å². The van der Waals surface area contributed by atoms with Crippen molar-refractivity contribution < 1.29 is 4.39 Å². The number of benzene rings is 1. The van der Waals surface area contributed by atoms with E-state index in [9.17, 15) is 4.39 Å². The van der Waals surface area contributed by atoms with Gasteiger partial charge in [-0.05, 0) is 50.1 Å². The third kappa shape index (κ3) is 3.26. The summed E-state index contributed by atoms with van der Waals surface area (Å²) in [6.07, 6.45) is 1.71. The summed E-state index contributed by atoms with van der Waals surface area (Å²) >= 11 is 6.74. The molecule has 0 aliphatic rings. The predicted octanol–water partition coefficient (Wildman–Crippen LogP) is 4.36. The Morgan fingerprint density at radius 3 is 2.71 bits per heavy atom. The largest absolute Gasteiger partial charge is 0.377 e. The molecule has 0 fully saturated rings. The number of nitrogens with one attached hydrogen (secondary N) is 1. The monoisotopic (exact) mass is 358 g/mol. The van der Waals surface area contributed by atoms with Crippen molar-refractivity contribution in [2.45, 2.75) is 6.54 Å². The summed E-state index contributed by atoms with van der Waals surface area (Å²) in [5, 5.41) is 3.01. The van der Waals surface area contributed by atoms with E-state index < -0.39 is 0 Å². The molecule has 2 rings (SSSR count). The number of hydrogen-bond donors (Lipinski definition) is 1. The molecule has 1 N–H and O–H groups in total. The van der Waals surface area contributed by atoms with Gasteiger partial charge in [0.15, 0.2) is 0 Å². The van der Waals surface area contributed by atoms with Crippen LogP contribution in [0.15, 0.2) is 45.5 Å². The standard InChI is InChI=1S/C12H9Br2FN2/c13-8-5-9(14)12(16-6-8)7-17-11-4-2-1-3-10(11)15/h1-6,17H,7H2. The molecule has 0 aliphatic heterocycles. The lowest BCUT2D eigenvalue weighted by Gasteiger charge is -2.08. The Kier molecular flexibility index (Phi) is 4.12. The first-order valence-electron chi connectivity index (χ1n) is 4.95. The van der Waals surface area contributed by atoms with E-state index >= 15 is 0 Å². The number of pyridine rings is 1. The molecule has 1 heterocycles. The Morgan fingerprint density at radius 1 is 1.24 bits per heavy atom. The van der Waals surface area contributed by atoms with Gasteiger partial charge in [0.2, 0.25) is 0 Å². The van der Waals surface area contributed by atoms with Gasteiger partial charge in [-0.15, -0.1) is 0 Å². The molecule has 5 heteroatoms. The highest BCUT2D eigenvalue weighted by Crippen LogP contribution is 2.21. The number of halogens is 3. The fraction of sp³-hybridized carbons (Fsp3) is 0.0833. The average Bonchev–Trinajstić information content (AvgIpc) is 2.30. The molecule has 0 atom stereocenters. The summed E-state index contributed by atoms with van der Waals surface area (Å²) < 4.78 is 15.1. The van der Waals surface area contributed by atoms with Crippen molar-refractivity contribution in [2.24, 2.45) is 0 Å². The molecule has 0 amide bonds. The quantitative estimate of drug-likeness (QED) is 0.880. The molecule has 0 spiro atoms. The van der Waals surface area contributed by atoms with E-state index in [4.69, 9.17) is 0 Å². The topological polar surface area (TPSA) is 24.9 Å². The SMILES string of the molecule is Fc1ccccc1NCc1ncc(Br)cc1Br. The van der Waals surface area contributed by atoms with Crippen molar-refractivity contribution in [3.8, 4) is 0 Å². The van der Waals surface area contributed by atoms with Crippen LogP contribution in [0.1, 0.15) is 5.69 Å². The van der Waals surface area contributed by atoms with Gasteiger partial charge in [0, 0.05) is 15.1 Å². The third-order valence-corrected chi connectivity index (χ3v) is 3.32. The van der Waals surface area contributed by atoms with Crippen LogP contribution in [0, 0.1) is 5.82 Å². The predicted molar refractivity (Wildman–Crippen MR) is 73.4 cm³/mol. The van der Waals surface area contributed by atoms with Crippen molar-refractivity contribution in [3.63, 3.8) is 0 Å². The summed E-state index contributed by atoms with van der Waals surface area (Å²) in [6.45, 7) is 0.467. The van der Waals surface area contributed by atoms with E-state index in [1.807, 2.05) is 6.07 Å². The van der Waals surface area contributed by atoms with Gasteiger partial charge >= 0.3 is 0 Å². The van der Waals surface area contributed by atoms with E-state index in [1.165, 1.54) is 6.07 Å². The molecule has 0 saturated carbocycles. The van der Waals surface area contributed by atoms with Crippen LogP contribution in [0.4, 0.5) is 10.1 Å². The fourth-order valence-corrected chi connectivity index (χ4v) is 2.48. The van der Waals surface area contributed by atoms with Crippen molar-refractivity contribution in [1.29, 1.82) is 0 Å². The summed E-state index contributed by atoms with van der Waals surface area (Å²) in [4.78, 5) is 4.24. The van der Waals surface area contributed by atoms with Gasteiger partial charge in [-0.1, -0.05) is 12.1 Å². The molecule has 1 aromatic heterocycles. The number of nitrogens with zero attached hydrogens (tertiary/aromatic N) is 1. The molecule has 17 heavy (non-hydrogen) atoms. The molecule has 88 valence electrons. The zero-order valence-corrected chi connectivity index (χ0v) is 11.9.